The molecule has 10 heavy (non-hydrogen) atoms. The van der Waals surface area contributed by atoms with Crippen LogP contribution in [-0.4, -0.2) is 4.98 Å². The van der Waals surface area contributed by atoms with E-state index in [9.17, 15) is 0 Å². The molecule has 2 nitrogen and oxygen atoms in total. The fraction of sp³-hybridized carbons (Fsp3) is 0.375. The summed E-state index contributed by atoms with van der Waals surface area (Å²) in [5.74, 6) is 0. The molecule has 1 aromatic rings. The van der Waals surface area contributed by atoms with Crippen LogP contribution < -0.4 is 5.73 Å². The molecule has 0 spiro atoms. The van der Waals surface area contributed by atoms with Crippen molar-refractivity contribution in [3.05, 3.63) is 23.5 Å². The summed E-state index contributed by atoms with van der Waals surface area (Å²) in [6.45, 7) is 4.05. The van der Waals surface area contributed by atoms with Crippen LogP contribution in [-0.2, 0) is 6.42 Å². The molecule has 0 bridgehead atoms. The Morgan fingerprint density at radius 3 is 2.80 bits per heavy atom. The molecule has 0 atom stereocenters. The van der Waals surface area contributed by atoms with Crippen LogP contribution in [0.3, 0.4) is 0 Å². The Bertz CT molecular complexity index is 231. The van der Waals surface area contributed by atoms with Gasteiger partial charge in [0, 0.05) is 6.20 Å². The first-order valence-corrected chi connectivity index (χ1v) is 3.45. The zero-order valence-corrected chi connectivity index (χ0v) is 6.39. The van der Waals surface area contributed by atoms with Gasteiger partial charge in [-0.1, -0.05) is 6.92 Å². The van der Waals surface area contributed by atoms with Crippen molar-refractivity contribution in [2.24, 2.45) is 0 Å². The van der Waals surface area contributed by atoms with Crippen molar-refractivity contribution in [2.75, 3.05) is 5.73 Å². The summed E-state index contributed by atoms with van der Waals surface area (Å²) in [5, 5.41) is 0. The predicted octanol–water partition coefficient (Wildman–Crippen LogP) is 1.53. The molecule has 54 valence electrons. The van der Waals surface area contributed by atoms with Crippen LogP contribution in [0.4, 0.5) is 5.69 Å². The molecule has 0 saturated heterocycles. The van der Waals surface area contributed by atoms with Gasteiger partial charge in [-0.2, -0.15) is 0 Å². The first-order chi connectivity index (χ1) is 4.75. The number of aromatic nitrogens is 1. The molecular weight excluding hydrogens is 124 g/mol. The zero-order valence-electron chi connectivity index (χ0n) is 6.39. The maximum absolute atomic E-state index is 5.73. The standard InChI is InChI=1S/C8H12N2/c1-3-7-8(9)6(2)4-5-10-7/h4-5H,3,9H2,1-2H3. The summed E-state index contributed by atoms with van der Waals surface area (Å²) in [7, 11) is 0. The average molecular weight is 136 g/mol. The molecule has 2 N–H and O–H groups in total. The van der Waals surface area contributed by atoms with Crippen molar-refractivity contribution in [1.29, 1.82) is 0 Å². The number of hydrogen-bond acceptors (Lipinski definition) is 2. The normalized spacial score (nSPS) is 9.80. The highest BCUT2D eigenvalue weighted by molar-refractivity contribution is 5.49. The number of rotatable bonds is 1. The van der Waals surface area contributed by atoms with Crippen molar-refractivity contribution in [1.82, 2.24) is 4.98 Å². The minimum absolute atomic E-state index is 0.838. The zero-order chi connectivity index (χ0) is 7.56. The second kappa shape index (κ2) is 2.69. The fourth-order valence-corrected chi connectivity index (χ4v) is 0.908. The molecule has 0 amide bonds. The number of nitrogen functional groups attached to an aromatic ring is 1. The van der Waals surface area contributed by atoms with Crippen molar-refractivity contribution in [2.45, 2.75) is 20.3 Å². The first kappa shape index (κ1) is 7.06. The van der Waals surface area contributed by atoms with Gasteiger partial charge in [0.15, 0.2) is 0 Å². The largest absolute Gasteiger partial charge is 0.397 e. The molecular formula is C8H12N2. The van der Waals surface area contributed by atoms with E-state index in [0.717, 1.165) is 23.4 Å². The molecule has 0 aliphatic carbocycles. The minimum Gasteiger partial charge on any atom is -0.397 e. The van der Waals surface area contributed by atoms with Gasteiger partial charge in [0.25, 0.3) is 0 Å². The highest BCUT2D eigenvalue weighted by atomic mass is 14.7. The van der Waals surface area contributed by atoms with E-state index in [1.54, 1.807) is 6.20 Å². The lowest BCUT2D eigenvalue weighted by atomic mass is 10.2. The van der Waals surface area contributed by atoms with Gasteiger partial charge in [0.2, 0.25) is 0 Å². The summed E-state index contributed by atoms with van der Waals surface area (Å²) >= 11 is 0. The van der Waals surface area contributed by atoms with Crippen LogP contribution in [0.5, 0.6) is 0 Å². The molecule has 0 aromatic carbocycles. The quantitative estimate of drug-likeness (QED) is 0.636. The van der Waals surface area contributed by atoms with Crippen LogP contribution in [0.25, 0.3) is 0 Å². The highest BCUT2D eigenvalue weighted by Gasteiger charge is 1.98. The van der Waals surface area contributed by atoms with E-state index >= 15 is 0 Å². The summed E-state index contributed by atoms with van der Waals surface area (Å²) in [6.07, 6.45) is 2.71. The Kier molecular flexibility index (Phi) is 1.90. The first-order valence-electron chi connectivity index (χ1n) is 3.45. The second-order valence-electron chi connectivity index (χ2n) is 2.34. The molecule has 0 fully saturated rings. The number of nitrogens with two attached hydrogens (primary N) is 1. The van der Waals surface area contributed by atoms with E-state index in [0.29, 0.717) is 0 Å². The van der Waals surface area contributed by atoms with Crippen LogP contribution >= 0.6 is 0 Å². The maximum Gasteiger partial charge on any atom is 0.0632 e. The van der Waals surface area contributed by atoms with E-state index in [1.807, 2.05) is 13.0 Å². The van der Waals surface area contributed by atoms with Gasteiger partial charge >= 0.3 is 0 Å². The summed E-state index contributed by atoms with van der Waals surface area (Å²) in [5.41, 5.74) is 8.69. The Balaban J connectivity index is 3.14. The third kappa shape index (κ3) is 1.10. The summed E-state index contributed by atoms with van der Waals surface area (Å²) in [4.78, 5) is 4.13. The van der Waals surface area contributed by atoms with Crippen LogP contribution in [0.15, 0.2) is 12.3 Å². The number of anilines is 1. The number of nitrogens with zero attached hydrogens (tertiary/aromatic N) is 1. The van der Waals surface area contributed by atoms with E-state index in [4.69, 9.17) is 5.73 Å². The molecule has 1 rings (SSSR count). The predicted molar refractivity (Wildman–Crippen MR) is 42.8 cm³/mol. The summed E-state index contributed by atoms with van der Waals surface area (Å²) in [6, 6.07) is 1.93. The van der Waals surface area contributed by atoms with E-state index < -0.39 is 0 Å². The minimum atomic E-state index is 0.838. The highest BCUT2D eigenvalue weighted by Crippen LogP contribution is 2.13. The molecule has 0 unspecified atom stereocenters. The van der Waals surface area contributed by atoms with Crippen molar-refractivity contribution in [3.8, 4) is 0 Å². The average Bonchev–Trinajstić information content (AvgIpc) is 1.95. The lowest BCUT2D eigenvalue weighted by molar-refractivity contribution is 1.03. The lowest BCUT2D eigenvalue weighted by Gasteiger charge is -2.02. The van der Waals surface area contributed by atoms with Gasteiger partial charge in [0.1, 0.15) is 0 Å². The van der Waals surface area contributed by atoms with Gasteiger partial charge in [-0.15, -0.1) is 0 Å². The van der Waals surface area contributed by atoms with Gasteiger partial charge in [-0.25, -0.2) is 0 Å². The lowest BCUT2D eigenvalue weighted by Crippen LogP contribution is -1.98. The van der Waals surface area contributed by atoms with Gasteiger partial charge in [0.05, 0.1) is 11.4 Å². The number of pyridine rings is 1. The smallest absolute Gasteiger partial charge is 0.0632 e. The Morgan fingerprint density at radius 2 is 2.30 bits per heavy atom. The number of hydrogen-bond donors (Lipinski definition) is 1. The van der Waals surface area contributed by atoms with Gasteiger partial charge in [-0.3, -0.25) is 4.98 Å². The van der Waals surface area contributed by atoms with Crippen LogP contribution in [0, 0.1) is 6.92 Å². The Hall–Kier alpha value is -1.05. The number of aryl methyl sites for hydroxylation is 2. The van der Waals surface area contributed by atoms with Gasteiger partial charge < -0.3 is 5.73 Å². The molecule has 0 aliphatic heterocycles. The molecule has 1 aromatic heterocycles. The molecule has 0 aliphatic rings. The molecule has 0 radical (unpaired) electrons. The van der Waals surface area contributed by atoms with Crippen molar-refractivity contribution < 1.29 is 0 Å². The van der Waals surface area contributed by atoms with E-state index in [-0.39, 0.29) is 0 Å². The van der Waals surface area contributed by atoms with Crippen molar-refractivity contribution in [3.63, 3.8) is 0 Å². The maximum atomic E-state index is 5.73. The third-order valence-corrected chi connectivity index (χ3v) is 1.63. The fourth-order valence-electron chi connectivity index (χ4n) is 0.908. The third-order valence-electron chi connectivity index (χ3n) is 1.63. The molecule has 0 saturated carbocycles. The van der Waals surface area contributed by atoms with Crippen LogP contribution in [0.2, 0.25) is 0 Å². The monoisotopic (exact) mass is 136 g/mol. The summed E-state index contributed by atoms with van der Waals surface area (Å²) < 4.78 is 0. The van der Waals surface area contributed by atoms with E-state index in [1.165, 1.54) is 0 Å². The molecule has 1 heterocycles. The topological polar surface area (TPSA) is 38.9 Å². The SMILES string of the molecule is CCc1nccc(C)c1N. The molecule has 2 heteroatoms. The Morgan fingerprint density at radius 1 is 1.60 bits per heavy atom. The van der Waals surface area contributed by atoms with Gasteiger partial charge in [-0.05, 0) is 25.0 Å². The van der Waals surface area contributed by atoms with Crippen LogP contribution in [0.1, 0.15) is 18.2 Å². The second-order valence-corrected chi connectivity index (χ2v) is 2.34. The Labute approximate surface area is 61.1 Å². The van der Waals surface area contributed by atoms with Crippen molar-refractivity contribution >= 4 is 5.69 Å². The van der Waals surface area contributed by atoms with E-state index in [2.05, 4.69) is 11.9 Å².